The van der Waals surface area contributed by atoms with Crippen LogP contribution >= 0.6 is 0 Å². The number of phenolic OH excluding ortho intramolecular Hbond substituents is 1. The number of aromatic hydroxyl groups is 1. The van der Waals surface area contributed by atoms with Crippen molar-refractivity contribution in [2.45, 2.75) is 25.7 Å². The number of hydrogen-bond acceptors (Lipinski definition) is 6. The summed E-state index contributed by atoms with van der Waals surface area (Å²) in [6, 6.07) is 12.7. The van der Waals surface area contributed by atoms with Crippen LogP contribution in [-0.2, 0) is 9.53 Å². The fourth-order valence-corrected chi connectivity index (χ4v) is 2.35. The molecule has 0 atom stereocenters. The molecule has 148 valence electrons. The van der Waals surface area contributed by atoms with Gasteiger partial charge in [-0.05, 0) is 74.2 Å². The highest BCUT2D eigenvalue weighted by atomic mass is 16.5. The van der Waals surface area contributed by atoms with Gasteiger partial charge in [0.25, 0.3) is 0 Å². The van der Waals surface area contributed by atoms with E-state index in [0.717, 1.165) is 31.8 Å². The van der Waals surface area contributed by atoms with Gasteiger partial charge in [-0.15, -0.1) is 0 Å². The highest BCUT2D eigenvalue weighted by Gasteiger charge is 2.09. The Hall–Kier alpha value is -3.28. The summed E-state index contributed by atoms with van der Waals surface area (Å²) in [5.74, 6) is 0.286. The number of carbonyl (C=O) groups is 2. The Bertz CT molecular complexity index is 765. The summed E-state index contributed by atoms with van der Waals surface area (Å²) >= 11 is 0. The fourth-order valence-electron chi connectivity index (χ4n) is 2.35. The predicted molar refractivity (Wildman–Crippen MR) is 105 cm³/mol. The van der Waals surface area contributed by atoms with Crippen molar-refractivity contribution < 1.29 is 28.9 Å². The van der Waals surface area contributed by atoms with Gasteiger partial charge >= 0.3 is 11.9 Å². The second-order valence-corrected chi connectivity index (χ2v) is 6.04. The largest absolute Gasteiger partial charge is 0.508 e. The molecule has 1 N–H and O–H groups in total. The number of rotatable bonds is 11. The van der Waals surface area contributed by atoms with Crippen LogP contribution in [0.1, 0.15) is 36.0 Å². The second kappa shape index (κ2) is 11.4. The number of benzene rings is 2. The smallest absolute Gasteiger partial charge is 0.343 e. The van der Waals surface area contributed by atoms with Crippen LogP contribution in [0.3, 0.4) is 0 Å². The third kappa shape index (κ3) is 7.53. The molecule has 2 aromatic rings. The van der Waals surface area contributed by atoms with Crippen LogP contribution in [0.25, 0.3) is 0 Å². The van der Waals surface area contributed by atoms with Gasteiger partial charge in [-0.25, -0.2) is 9.59 Å². The SMILES string of the molecule is C=CC(=O)OCCCCCCOc1ccc(C(=O)Oc2ccc(O)cc2)cc1. The number of unbranched alkanes of at least 4 members (excludes halogenated alkanes) is 3. The minimum Gasteiger partial charge on any atom is -0.508 e. The van der Waals surface area contributed by atoms with Crippen LogP contribution in [0, 0.1) is 0 Å². The van der Waals surface area contributed by atoms with E-state index < -0.39 is 11.9 Å². The van der Waals surface area contributed by atoms with Crippen molar-refractivity contribution in [3.05, 3.63) is 66.7 Å². The van der Waals surface area contributed by atoms with Gasteiger partial charge in [0, 0.05) is 6.08 Å². The van der Waals surface area contributed by atoms with Crippen molar-refractivity contribution in [3.8, 4) is 17.2 Å². The van der Waals surface area contributed by atoms with Crippen molar-refractivity contribution in [2.24, 2.45) is 0 Å². The summed E-state index contributed by atoms with van der Waals surface area (Å²) in [6.07, 6.45) is 4.79. The van der Waals surface area contributed by atoms with Crippen LogP contribution in [0.4, 0.5) is 0 Å². The Balaban J connectivity index is 1.64. The summed E-state index contributed by atoms with van der Waals surface area (Å²) in [7, 11) is 0. The molecule has 0 heterocycles. The van der Waals surface area contributed by atoms with E-state index >= 15 is 0 Å². The highest BCUT2D eigenvalue weighted by Crippen LogP contribution is 2.18. The summed E-state index contributed by atoms with van der Waals surface area (Å²) in [5, 5.41) is 9.23. The first-order valence-corrected chi connectivity index (χ1v) is 9.12. The van der Waals surface area contributed by atoms with Gasteiger partial charge in [-0.1, -0.05) is 6.58 Å². The van der Waals surface area contributed by atoms with Gasteiger partial charge in [-0.3, -0.25) is 0 Å². The van der Waals surface area contributed by atoms with E-state index in [4.69, 9.17) is 14.2 Å². The van der Waals surface area contributed by atoms with E-state index in [-0.39, 0.29) is 5.75 Å². The summed E-state index contributed by atoms with van der Waals surface area (Å²) in [5.41, 5.74) is 0.412. The number of phenols is 1. The number of hydrogen-bond donors (Lipinski definition) is 1. The Labute approximate surface area is 164 Å². The monoisotopic (exact) mass is 384 g/mol. The van der Waals surface area contributed by atoms with Crippen molar-refractivity contribution in [3.63, 3.8) is 0 Å². The molecule has 0 spiro atoms. The van der Waals surface area contributed by atoms with Crippen molar-refractivity contribution in [2.75, 3.05) is 13.2 Å². The molecule has 2 aromatic carbocycles. The first kappa shape index (κ1) is 21.0. The predicted octanol–water partition coefficient (Wildman–Crippen LogP) is 4.28. The Kier molecular flexibility index (Phi) is 8.59. The topological polar surface area (TPSA) is 82.1 Å². The van der Waals surface area contributed by atoms with Crippen LogP contribution in [-0.4, -0.2) is 30.3 Å². The van der Waals surface area contributed by atoms with Crippen LogP contribution in [0.5, 0.6) is 17.2 Å². The molecule has 28 heavy (non-hydrogen) atoms. The highest BCUT2D eigenvalue weighted by molar-refractivity contribution is 5.91. The standard InChI is InChI=1S/C22H24O6/c1-2-21(24)27-16-6-4-3-5-15-26-19-11-7-17(8-12-19)22(25)28-20-13-9-18(23)10-14-20/h2,7-14,23H,1,3-6,15-16H2. The number of ether oxygens (including phenoxy) is 3. The first-order valence-electron chi connectivity index (χ1n) is 9.12. The number of esters is 2. The quantitative estimate of drug-likeness (QED) is 0.269. The van der Waals surface area contributed by atoms with E-state index in [9.17, 15) is 14.7 Å². The lowest BCUT2D eigenvalue weighted by molar-refractivity contribution is -0.137. The van der Waals surface area contributed by atoms with Gasteiger partial charge in [-0.2, -0.15) is 0 Å². The molecule has 0 saturated heterocycles. The first-order chi connectivity index (χ1) is 13.6. The lowest BCUT2D eigenvalue weighted by Crippen LogP contribution is -2.08. The molecule has 2 rings (SSSR count). The Morgan fingerprint density at radius 2 is 1.46 bits per heavy atom. The third-order valence-corrected chi connectivity index (χ3v) is 3.86. The Morgan fingerprint density at radius 3 is 2.11 bits per heavy atom. The molecule has 0 aromatic heterocycles. The van der Waals surface area contributed by atoms with E-state index in [1.165, 1.54) is 24.3 Å². The van der Waals surface area contributed by atoms with Gasteiger partial charge in [0.15, 0.2) is 0 Å². The van der Waals surface area contributed by atoms with E-state index in [0.29, 0.717) is 30.3 Å². The van der Waals surface area contributed by atoms with Crippen molar-refractivity contribution in [1.29, 1.82) is 0 Å². The molecule has 0 bridgehead atoms. The molecule has 0 amide bonds. The molecule has 0 aliphatic carbocycles. The van der Waals surface area contributed by atoms with Gasteiger partial charge in [0.05, 0.1) is 18.8 Å². The normalized spacial score (nSPS) is 10.1. The average molecular weight is 384 g/mol. The van der Waals surface area contributed by atoms with Crippen molar-refractivity contribution in [1.82, 2.24) is 0 Å². The molecular weight excluding hydrogens is 360 g/mol. The minimum atomic E-state index is -0.477. The second-order valence-electron chi connectivity index (χ2n) is 6.04. The zero-order valence-corrected chi connectivity index (χ0v) is 15.6. The van der Waals surface area contributed by atoms with E-state index in [1.807, 2.05) is 0 Å². The molecule has 0 saturated carbocycles. The van der Waals surface area contributed by atoms with Gasteiger partial charge in [0.2, 0.25) is 0 Å². The fraction of sp³-hybridized carbons (Fsp3) is 0.273. The maximum absolute atomic E-state index is 12.1. The van der Waals surface area contributed by atoms with E-state index in [2.05, 4.69) is 6.58 Å². The lowest BCUT2D eigenvalue weighted by Gasteiger charge is -2.08. The lowest BCUT2D eigenvalue weighted by atomic mass is 10.2. The molecule has 0 aliphatic heterocycles. The zero-order valence-electron chi connectivity index (χ0n) is 15.6. The van der Waals surface area contributed by atoms with Gasteiger partial charge in [0.1, 0.15) is 17.2 Å². The number of carbonyl (C=O) groups excluding carboxylic acids is 2. The van der Waals surface area contributed by atoms with E-state index in [1.54, 1.807) is 24.3 Å². The summed E-state index contributed by atoms with van der Waals surface area (Å²) < 4.78 is 15.8. The summed E-state index contributed by atoms with van der Waals surface area (Å²) in [4.78, 5) is 23.0. The minimum absolute atomic E-state index is 0.109. The van der Waals surface area contributed by atoms with Crippen LogP contribution in [0.15, 0.2) is 61.2 Å². The average Bonchev–Trinajstić information content (AvgIpc) is 2.71. The maximum atomic E-state index is 12.1. The van der Waals surface area contributed by atoms with Gasteiger partial charge < -0.3 is 19.3 Å². The molecule has 6 heteroatoms. The molecule has 6 nitrogen and oxygen atoms in total. The van der Waals surface area contributed by atoms with Crippen LogP contribution < -0.4 is 9.47 Å². The zero-order chi connectivity index (χ0) is 20.2. The molecule has 0 unspecified atom stereocenters. The molecule has 0 aliphatic rings. The molecule has 0 fully saturated rings. The Morgan fingerprint density at radius 1 is 0.857 bits per heavy atom. The third-order valence-electron chi connectivity index (χ3n) is 3.86. The molecular formula is C22H24O6. The van der Waals surface area contributed by atoms with Crippen molar-refractivity contribution >= 4 is 11.9 Å². The maximum Gasteiger partial charge on any atom is 0.343 e. The summed E-state index contributed by atoms with van der Waals surface area (Å²) in [6.45, 7) is 4.32. The molecule has 0 radical (unpaired) electrons. The van der Waals surface area contributed by atoms with Crippen LogP contribution in [0.2, 0.25) is 0 Å².